The summed E-state index contributed by atoms with van der Waals surface area (Å²) in [5.41, 5.74) is 0. The van der Waals surface area contributed by atoms with Crippen LogP contribution in [-0.2, 0) is 11.3 Å². The van der Waals surface area contributed by atoms with Gasteiger partial charge >= 0.3 is 0 Å². The molecular weight excluding hydrogens is 276 g/mol. The van der Waals surface area contributed by atoms with E-state index in [0.717, 1.165) is 19.5 Å². The van der Waals surface area contributed by atoms with Crippen molar-refractivity contribution in [1.82, 2.24) is 30.8 Å². The minimum Gasteiger partial charge on any atom is -0.353 e. The van der Waals surface area contributed by atoms with E-state index < -0.39 is 0 Å². The molecule has 1 fully saturated rings. The Morgan fingerprint density at radius 3 is 3.05 bits per heavy atom. The molecule has 1 aliphatic rings. The first-order valence-electron chi connectivity index (χ1n) is 7.10. The quantitative estimate of drug-likeness (QED) is 0.643. The Morgan fingerprint density at radius 2 is 2.35 bits per heavy atom. The molecule has 1 aliphatic carbocycles. The first-order valence-corrected chi connectivity index (χ1v) is 8.09. The number of hydrogen-bond acceptors (Lipinski definition) is 6. The van der Waals surface area contributed by atoms with Gasteiger partial charge in [0.1, 0.15) is 0 Å². The topological polar surface area (TPSA) is 84.7 Å². The van der Waals surface area contributed by atoms with Crippen LogP contribution in [0.5, 0.6) is 0 Å². The highest BCUT2D eigenvalue weighted by molar-refractivity contribution is 7.99. The molecule has 0 aliphatic heterocycles. The van der Waals surface area contributed by atoms with Gasteiger partial charge < -0.3 is 10.6 Å². The van der Waals surface area contributed by atoms with Crippen LogP contribution in [0.3, 0.4) is 0 Å². The van der Waals surface area contributed by atoms with Crippen molar-refractivity contribution in [2.75, 3.05) is 12.3 Å². The summed E-state index contributed by atoms with van der Waals surface area (Å²) in [4.78, 5) is 11.7. The maximum atomic E-state index is 11.7. The van der Waals surface area contributed by atoms with Crippen LogP contribution in [0.4, 0.5) is 0 Å². The van der Waals surface area contributed by atoms with Crippen LogP contribution in [0, 0.1) is 0 Å². The predicted octanol–water partition coefficient (Wildman–Crippen LogP) is 0.432. The fraction of sp³-hybridized carbons (Fsp3) is 0.833. The Hall–Kier alpha value is -1.15. The summed E-state index contributed by atoms with van der Waals surface area (Å²) >= 11 is 1.38. The molecule has 1 atom stereocenters. The molecule has 1 amide bonds. The zero-order valence-corrected chi connectivity index (χ0v) is 12.8. The van der Waals surface area contributed by atoms with Gasteiger partial charge in [-0.1, -0.05) is 18.7 Å². The summed E-state index contributed by atoms with van der Waals surface area (Å²) < 4.78 is 1.75. The molecule has 0 spiro atoms. The number of carbonyl (C=O) groups excluding carboxylic acids is 1. The molecule has 1 unspecified atom stereocenters. The largest absolute Gasteiger partial charge is 0.353 e. The van der Waals surface area contributed by atoms with Gasteiger partial charge in [0.15, 0.2) is 0 Å². The number of hydrogen-bond donors (Lipinski definition) is 2. The van der Waals surface area contributed by atoms with E-state index in [-0.39, 0.29) is 11.9 Å². The van der Waals surface area contributed by atoms with Gasteiger partial charge in [-0.15, -0.1) is 5.10 Å². The van der Waals surface area contributed by atoms with Crippen molar-refractivity contribution in [3.8, 4) is 0 Å². The van der Waals surface area contributed by atoms with Crippen molar-refractivity contribution >= 4 is 17.7 Å². The van der Waals surface area contributed by atoms with E-state index in [9.17, 15) is 4.79 Å². The van der Waals surface area contributed by atoms with Crippen molar-refractivity contribution in [1.29, 1.82) is 0 Å². The standard InChI is InChI=1S/C12H22N6OS/c1-3-9(2)14-11(19)8-20-12-15-16-17-18(12)7-6-13-10-4-5-10/h9-10,13H,3-8H2,1-2H3,(H,14,19). The molecule has 0 radical (unpaired) electrons. The number of nitrogens with zero attached hydrogens (tertiary/aromatic N) is 4. The average molecular weight is 298 g/mol. The third-order valence-electron chi connectivity index (χ3n) is 3.19. The van der Waals surface area contributed by atoms with Gasteiger partial charge in [-0.25, -0.2) is 4.68 Å². The molecule has 0 aromatic carbocycles. The van der Waals surface area contributed by atoms with Crippen LogP contribution in [0.1, 0.15) is 33.1 Å². The third-order valence-corrected chi connectivity index (χ3v) is 4.14. The van der Waals surface area contributed by atoms with Crippen molar-refractivity contribution in [3.05, 3.63) is 0 Å². The summed E-state index contributed by atoms with van der Waals surface area (Å²) in [5.74, 6) is 0.371. The van der Waals surface area contributed by atoms with E-state index in [1.807, 2.05) is 13.8 Å². The number of thioether (sulfide) groups is 1. The predicted molar refractivity (Wildman–Crippen MR) is 77.5 cm³/mol. The number of rotatable bonds is 9. The van der Waals surface area contributed by atoms with Gasteiger partial charge in [0.2, 0.25) is 11.1 Å². The van der Waals surface area contributed by atoms with Crippen molar-refractivity contribution in [2.24, 2.45) is 0 Å². The molecule has 20 heavy (non-hydrogen) atoms. The molecule has 8 heteroatoms. The Kier molecular flexibility index (Phi) is 5.78. The van der Waals surface area contributed by atoms with E-state index in [1.54, 1.807) is 4.68 Å². The monoisotopic (exact) mass is 298 g/mol. The Bertz CT molecular complexity index is 433. The van der Waals surface area contributed by atoms with Crippen LogP contribution in [0.25, 0.3) is 0 Å². The summed E-state index contributed by atoms with van der Waals surface area (Å²) in [6, 6.07) is 0.894. The van der Waals surface area contributed by atoms with E-state index in [2.05, 4.69) is 26.2 Å². The summed E-state index contributed by atoms with van der Waals surface area (Å²) in [6.45, 7) is 5.64. The van der Waals surface area contributed by atoms with Gasteiger partial charge in [0.25, 0.3) is 0 Å². The number of tetrazole rings is 1. The second kappa shape index (κ2) is 7.58. The third kappa shape index (κ3) is 5.09. The van der Waals surface area contributed by atoms with Crippen LogP contribution in [0.15, 0.2) is 5.16 Å². The minimum atomic E-state index is 0.0232. The fourth-order valence-corrected chi connectivity index (χ4v) is 2.37. The first-order chi connectivity index (χ1) is 9.69. The molecule has 1 aromatic heterocycles. The highest BCUT2D eigenvalue weighted by Gasteiger charge is 2.20. The Labute approximate surface area is 123 Å². The molecule has 1 saturated carbocycles. The second-order valence-electron chi connectivity index (χ2n) is 5.08. The lowest BCUT2D eigenvalue weighted by atomic mass is 10.3. The van der Waals surface area contributed by atoms with Crippen LogP contribution >= 0.6 is 11.8 Å². The van der Waals surface area contributed by atoms with E-state index in [1.165, 1.54) is 24.6 Å². The van der Waals surface area contributed by atoms with Crippen LogP contribution in [-0.4, -0.2) is 50.5 Å². The maximum Gasteiger partial charge on any atom is 0.230 e. The summed E-state index contributed by atoms with van der Waals surface area (Å²) in [6.07, 6.45) is 3.47. The number of aromatic nitrogens is 4. The highest BCUT2D eigenvalue weighted by Crippen LogP contribution is 2.18. The Morgan fingerprint density at radius 1 is 1.55 bits per heavy atom. The Balaban J connectivity index is 1.71. The number of nitrogens with one attached hydrogen (secondary N) is 2. The van der Waals surface area contributed by atoms with E-state index >= 15 is 0 Å². The molecule has 1 heterocycles. The molecule has 7 nitrogen and oxygen atoms in total. The summed E-state index contributed by atoms with van der Waals surface area (Å²) in [7, 11) is 0. The van der Waals surface area contributed by atoms with Gasteiger partial charge in [-0.2, -0.15) is 0 Å². The number of amides is 1. The SMILES string of the molecule is CCC(C)NC(=O)CSc1nnnn1CCNC1CC1. The van der Waals surface area contributed by atoms with Crippen molar-refractivity contribution in [2.45, 2.75) is 56.9 Å². The van der Waals surface area contributed by atoms with Crippen LogP contribution < -0.4 is 10.6 Å². The smallest absolute Gasteiger partial charge is 0.230 e. The lowest BCUT2D eigenvalue weighted by Crippen LogP contribution is -2.33. The van der Waals surface area contributed by atoms with E-state index in [0.29, 0.717) is 17.0 Å². The van der Waals surface area contributed by atoms with Gasteiger partial charge in [0, 0.05) is 18.6 Å². The van der Waals surface area contributed by atoms with Gasteiger partial charge in [0.05, 0.1) is 12.3 Å². The first kappa shape index (κ1) is 15.2. The number of carbonyl (C=O) groups is 1. The maximum absolute atomic E-state index is 11.7. The minimum absolute atomic E-state index is 0.0232. The van der Waals surface area contributed by atoms with E-state index in [4.69, 9.17) is 0 Å². The molecule has 0 bridgehead atoms. The summed E-state index contributed by atoms with van der Waals surface area (Å²) in [5, 5.41) is 18.6. The van der Waals surface area contributed by atoms with Crippen molar-refractivity contribution in [3.63, 3.8) is 0 Å². The fourth-order valence-electron chi connectivity index (χ4n) is 1.65. The highest BCUT2D eigenvalue weighted by atomic mass is 32.2. The zero-order valence-electron chi connectivity index (χ0n) is 12.0. The molecular formula is C12H22N6OS. The molecule has 1 aromatic rings. The molecule has 112 valence electrons. The van der Waals surface area contributed by atoms with Gasteiger partial charge in [-0.05, 0) is 36.6 Å². The van der Waals surface area contributed by atoms with Gasteiger partial charge in [-0.3, -0.25) is 4.79 Å². The lowest BCUT2D eigenvalue weighted by Gasteiger charge is -2.10. The lowest BCUT2D eigenvalue weighted by molar-refractivity contribution is -0.119. The second-order valence-corrected chi connectivity index (χ2v) is 6.02. The zero-order chi connectivity index (χ0) is 14.4. The molecule has 2 N–H and O–H groups in total. The van der Waals surface area contributed by atoms with Crippen LogP contribution in [0.2, 0.25) is 0 Å². The normalized spacial score (nSPS) is 16.1. The molecule has 0 saturated heterocycles. The molecule has 2 rings (SSSR count). The average Bonchev–Trinajstić information content (AvgIpc) is 3.15. The van der Waals surface area contributed by atoms with Crippen molar-refractivity contribution < 1.29 is 4.79 Å².